The molecule has 1 fully saturated rings. The van der Waals surface area contributed by atoms with Crippen molar-refractivity contribution >= 4 is 0 Å². The van der Waals surface area contributed by atoms with Gasteiger partial charge in [-0.15, -0.1) is 0 Å². The van der Waals surface area contributed by atoms with Gasteiger partial charge in [0.2, 0.25) is 0 Å². The van der Waals surface area contributed by atoms with Crippen LogP contribution in [0.2, 0.25) is 0 Å². The van der Waals surface area contributed by atoms with Crippen LogP contribution >= 0.6 is 0 Å². The van der Waals surface area contributed by atoms with Crippen molar-refractivity contribution in [3.63, 3.8) is 0 Å². The molecule has 1 N–H and O–H groups in total. The molecule has 1 unspecified atom stereocenters. The third kappa shape index (κ3) is 1.93. The minimum Gasteiger partial charge on any atom is -0.312 e. The van der Waals surface area contributed by atoms with Crippen molar-refractivity contribution in [3.05, 3.63) is 18.0 Å². The first kappa shape index (κ1) is 10.7. The molecular formula is C12H21N3. The molecule has 0 radical (unpaired) electrons. The zero-order chi connectivity index (χ0) is 10.9. The van der Waals surface area contributed by atoms with Crippen LogP contribution in [-0.4, -0.2) is 16.8 Å². The summed E-state index contributed by atoms with van der Waals surface area (Å²) in [5.74, 6) is 0. The Hall–Kier alpha value is -0.830. The van der Waals surface area contributed by atoms with Gasteiger partial charge in [0, 0.05) is 24.8 Å². The smallest absolute Gasteiger partial charge is 0.0537 e. The lowest BCUT2D eigenvalue weighted by molar-refractivity contribution is 0.233. The van der Waals surface area contributed by atoms with Gasteiger partial charge in [-0.05, 0) is 25.3 Å². The Labute approximate surface area is 91.9 Å². The average Bonchev–Trinajstić information content (AvgIpc) is 2.78. The van der Waals surface area contributed by atoms with E-state index in [9.17, 15) is 0 Å². The van der Waals surface area contributed by atoms with Gasteiger partial charge in [0.1, 0.15) is 0 Å². The Morgan fingerprint density at radius 2 is 2.13 bits per heavy atom. The Kier molecular flexibility index (Phi) is 2.83. The van der Waals surface area contributed by atoms with Crippen LogP contribution < -0.4 is 5.32 Å². The molecule has 2 rings (SSSR count). The second-order valence-electron chi connectivity index (χ2n) is 5.03. The van der Waals surface area contributed by atoms with Crippen LogP contribution in [0.1, 0.15) is 44.2 Å². The largest absolute Gasteiger partial charge is 0.312 e. The molecule has 1 aliphatic carbocycles. The molecule has 3 nitrogen and oxygen atoms in total. The predicted octanol–water partition coefficient (Wildman–Crippen LogP) is 2.26. The minimum atomic E-state index is 0.414. The van der Waals surface area contributed by atoms with Crippen LogP contribution in [0, 0.1) is 5.41 Å². The van der Waals surface area contributed by atoms with E-state index < -0.39 is 0 Å². The Bertz CT molecular complexity index is 323. The topological polar surface area (TPSA) is 29.9 Å². The number of nitrogens with one attached hydrogen (secondary N) is 1. The van der Waals surface area contributed by atoms with Gasteiger partial charge in [-0.25, -0.2) is 0 Å². The Morgan fingerprint density at radius 3 is 2.60 bits per heavy atom. The van der Waals surface area contributed by atoms with Crippen molar-refractivity contribution < 1.29 is 0 Å². The molecule has 0 saturated heterocycles. The molecule has 1 aromatic heterocycles. The van der Waals surface area contributed by atoms with E-state index in [0.29, 0.717) is 11.5 Å². The molecule has 0 amide bonds. The van der Waals surface area contributed by atoms with Gasteiger partial charge in [0.15, 0.2) is 0 Å². The highest BCUT2D eigenvalue weighted by molar-refractivity contribution is 5.15. The van der Waals surface area contributed by atoms with Crippen LogP contribution in [0.25, 0.3) is 0 Å². The average molecular weight is 207 g/mol. The highest BCUT2D eigenvalue weighted by Gasteiger charge is 2.37. The monoisotopic (exact) mass is 207 g/mol. The van der Waals surface area contributed by atoms with Crippen molar-refractivity contribution in [3.8, 4) is 0 Å². The number of rotatable bonds is 3. The van der Waals surface area contributed by atoms with Crippen LogP contribution in [0.15, 0.2) is 12.4 Å². The van der Waals surface area contributed by atoms with Gasteiger partial charge in [0.25, 0.3) is 0 Å². The van der Waals surface area contributed by atoms with E-state index >= 15 is 0 Å². The van der Waals surface area contributed by atoms with Crippen molar-refractivity contribution in [1.29, 1.82) is 0 Å². The van der Waals surface area contributed by atoms with Crippen molar-refractivity contribution in [1.82, 2.24) is 15.1 Å². The first-order chi connectivity index (χ1) is 7.15. The first-order valence-electron chi connectivity index (χ1n) is 5.81. The standard InChI is InChI=1S/C12H21N3/c1-12(6-4-5-7-12)11(13-2)10-8-14-15(3)9-10/h8-9,11,13H,4-7H2,1-3H3. The van der Waals surface area contributed by atoms with E-state index in [0.717, 1.165) is 0 Å². The van der Waals surface area contributed by atoms with Crippen LogP contribution in [0.5, 0.6) is 0 Å². The lowest BCUT2D eigenvalue weighted by Gasteiger charge is -2.33. The molecule has 0 aromatic carbocycles. The Morgan fingerprint density at radius 1 is 1.47 bits per heavy atom. The molecule has 1 aromatic rings. The predicted molar refractivity (Wildman–Crippen MR) is 61.6 cm³/mol. The maximum absolute atomic E-state index is 4.26. The van der Waals surface area contributed by atoms with Crippen molar-refractivity contribution in [2.24, 2.45) is 12.5 Å². The lowest BCUT2D eigenvalue weighted by atomic mass is 9.78. The molecule has 1 atom stereocenters. The summed E-state index contributed by atoms with van der Waals surface area (Å²) < 4.78 is 1.89. The van der Waals surface area contributed by atoms with E-state index in [1.54, 1.807) is 0 Å². The molecule has 15 heavy (non-hydrogen) atoms. The SMILES string of the molecule is CNC(c1cnn(C)c1)C1(C)CCCC1. The number of hydrogen-bond donors (Lipinski definition) is 1. The van der Waals surface area contributed by atoms with Gasteiger partial charge in [-0.2, -0.15) is 5.10 Å². The summed E-state index contributed by atoms with van der Waals surface area (Å²) in [6.07, 6.45) is 9.51. The fraction of sp³-hybridized carbons (Fsp3) is 0.750. The maximum Gasteiger partial charge on any atom is 0.0537 e. The summed E-state index contributed by atoms with van der Waals surface area (Å²) in [7, 11) is 4.04. The minimum absolute atomic E-state index is 0.414. The van der Waals surface area contributed by atoms with Gasteiger partial charge >= 0.3 is 0 Å². The highest BCUT2D eigenvalue weighted by Crippen LogP contribution is 2.46. The first-order valence-corrected chi connectivity index (χ1v) is 5.81. The lowest BCUT2D eigenvalue weighted by Crippen LogP contribution is -2.31. The Balaban J connectivity index is 2.23. The summed E-state index contributed by atoms with van der Waals surface area (Å²) >= 11 is 0. The molecule has 1 aliphatic rings. The number of nitrogens with zero attached hydrogens (tertiary/aromatic N) is 2. The summed E-state index contributed by atoms with van der Waals surface area (Å²) in [6, 6.07) is 0.452. The van der Waals surface area contributed by atoms with E-state index in [2.05, 4.69) is 30.6 Å². The number of hydrogen-bond acceptors (Lipinski definition) is 2. The summed E-state index contributed by atoms with van der Waals surface area (Å²) in [5.41, 5.74) is 1.74. The third-order valence-corrected chi connectivity index (χ3v) is 3.79. The van der Waals surface area contributed by atoms with E-state index in [-0.39, 0.29) is 0 Å². The molecule has 1 saturated carbocycles. The van der Waals surface area contributed by atoms with Crippen LogP contribution in [0.4, 0.5) is 0 Å². The van der Waals surface area contributed by atoms with Crippen molar-refractivity contribution in [2.45, 2.75) is 38.6 Å². The number of aryl methyl sites for hydroxylation is 1. The van der Waals surface area contributed by atoms with Gasteiger partial charge < -0.3 is 5.32 Å². The molecule has 0 spiro atoms. The van der Waals surface area contributed by atoms with Gasteiger partial charge in [0.05, 0.1) is 6.20 Å². The van der Waals surface area contributed by atoms with Crippen LogP contribution in [0.3, 0.4) is 0 Å². The fourth-order valence-electron chi connectivity index (χ4n) is 2.98. The third-order valence-electron chi connectivity index (χ3n) is 3.79. The van der Waals surface area contributed by atoms with E-state index in [1.165, 1.54) is 31.2 Å². The summed E-state index contributed by atoms with van der Waals surface area (Å²) in [6.45, 7) is 2.40. The van der Waals surface area contributed by atoms with E-state index in [1.807, 2.05) is 17.9 Å². The zero-order valence-corrected chi connectivity index (χ0v) is 9.95. The second kappa shape index (κ2) is 3.97. The highest BCUT2D eigenvalue weighted by atomic mass is 15.2. The van der Waals surface area contributed by atoms with Gasteiger partial charge in [-0.1, -0.05) is 19.8 Å². The zero-order valence-electron chi connectivity index (χ0n) is 9.95. The summed E-state index contributed by atoms with van der Waals surface area (Å²) in [4.78, 5) is 0. The van der Waals surface area contributed by atoms with E-state index in [4.69, 9.17) is 0 Å². The molecular weight excluding hydrogens is 186 g/mol. The molecule has 1 heterocycles. The van der Waals surface area contributed by atoms with Crippen molar-refractivity contribution in [2.75, 3.05) is 7.05 Å². The van der Waals surface area contributed by atoms with Gasteiger partial charge in [-0.3, -0.25) is 4.68 Å². The molecule has 0 bridgehead atoms. The molecule has 84 valence electrons. The fourth-order valence-corrected chi connectivity index (χ4v) is 2.98. The second-order valence-corrected chi connectivity index (χ2v) is 5.03. The molecule has 3 heteroatoms. The molecule has 0 aliphatic heterocycles. The summed E-state index contributed by atoms with van der Waals surface area (Å²) in [5, 5.41) is 7.73. The maximum atomic E-state index is 4.26. The number of aromatic nitrogens is 2. The quantitative estimate of drug-likeness (QED) is 0.824. The van der Waals surface area contributed by atoms with Crippen LogP contribution in [-0.2, 0) is 7.05 Å². The normalized spacial score (nSPS) is 21.8.